The fraction of sp³-hybridized carbons (Fsp3) is 0.368. The molecule has 0 spiro atoms. The van der Waals surface area contributed by atoms with E-state index in [1.165, 1.54) is 22.3 Å². The Bertz CT molecular complexity index is 1750. The molecule has 0 unspecified atom stereocenters. The predicted octanol–water partition coefficient (Wildman–Crippen LogP) is 7.16. The molecule has 4 aliphatic heterocycles. The molecule has 8 heteroatoms. The third-order valence-electron chi connectivity index (χ3n) is 9.85. The van der Waals surface area contributed by atoms with Crippen LogP contribution in [0.4, 0.5) is 0 Å². The first-order valence-corrected chi connectivity index (χ1v) is 15.9. The Morgan fingerprint density at radius 1 is 0.609 bits per heavy atom. The molecule has 46 heavy (non-hydrogen) atoms. The molecule has 4 aromatic rings. The maximum atomic E-state index is 7.03. The molecule has 0 amide bonds. The average Bonchev–Trinajstić information content (AvgIpc) is 3.07. The van der Waals surface area contributed by atoms with Crippen LogP contribution in [0.1, 0.15) is 45.5 Å². The zero-order valence-corrected chi connectivity index (χ0v) is 27.5. The minimum absolute atomic E-state index is 0.0449. The maximum absolute atomic E-state index is 7.03. The molecule has 0 saturated heterocycles. The Morgan fingerprint density at radius 2 is 1.24 bits per heavy atom. The van der Waals surface area contributed by atoms with Gasteiger partial charge >= 0.3 is 0 Å². The second kappa shape index (κ2) is 12.4. The smallest absolute Gasteiger partial charge is 0.204 e. The van der Waals surface area contributed by atoms with Crippen molar-refractivity contribution in [2.75, 3.05) is 55.6 Å². The van der Waals surface area contributed by atoms with Gasteiger partial charge in [0.05, 0.1) is 28.4 Å². The van der Waals surface area contributed by atoms with Crippen molar-refractivity contribution in [2.45, 2.75) is 37.8 Å². The third kappa shape index (κ3) is 5.39. The Balaban J connectivity index is 1.46. The van der Waals surface area contributed by atoms with Crippen molar-refractivity contribution in [3.05, 3.63) is 94.0 Å². The number of hydrogen-bond donors (Lipinski definition) is 0. The highest BCUT2D eigenvalue weighted by Crippen LogP contribution is 2.51. The highest BCUT2D eigenvalue weighted by molar-refractivity contribution is 5.63. The van der Waals surface area contributed by atoms with E-state index in [4.69, 9.17) is 28.4 Å². The van der Waals surface area contributed by atoms with Crippen molar-refractivity contribution in [3.63, 3.8) is 0 Å². The van der Waals surface area contributed by atoms with Crippen molar-refractivity contribution in [1.82, 2.24) is 9.80 Å². The second-order valence-corrected chi connectivity index (χ2v) is 12.5. The van der Waals surface area contributed by atoms with E-state index in [1.54, 1.807) is 28.4 Å². The quantitative estimate of drug-likeness (QED) is 0.238. The Kier molecular flexibility index (Phi) is 8.17. The van der Waals surface area contributed by atoms with E-state index >= 15 is 0 Å². The SMILES string of the molecule is COc1ccc2cc1Oc1ccc(cc1)C[C@H]1c3c(cc(OC)c(OC)c3Oc3cc4c(cc3OC)CCN(C)[C@H]4C2)CCN1C. The first-order valence-electron chi connectivity index (χ1n) is 15.9. The van der Waals surface area contributed by atoms with Gasteiger partial charge in [-0.3, -0.25) is 9.80 Å². The molecule has 0 fully saturated rings. The topological polar surface area (TPSA) is 61.9 Å². The Hall–Kier alpha value is -4.40. The molecule has 4 aliphatic rings. The molecule has 8 nitrogen and oxygen atoms in total. The number of benzene rings is 4. The number of methoxy groups -OCH3 is 4. The number of hydrogen-bond acceptors (Lipinski definition) is 8. The molecule has 2 atom stereocenters. The summed E-state index contributed by atoms with van der Waals surface area (Å²) < 4.78 is 37.1. The Morgan fingerprint density at radius 3 is 1.96 bits per heavy atom. The number of ether oxygens (including phenoxy) is 6. The van der Waals surface area contributed by atoms with Crippen LogP contribution in [0.25, 0.3) is 0 Å². The summed E-state index contributed by atoms with van der Waals surface area (Å²) in [5, 5.41) is 0. The fourth-order valence-corrected chi connectivity index (χ4v) is 7.28. The molecule has 4 heterocycles. The molecular weight excluding hydrogens is 580 g/mol. The van der Waals surface area contributed by atoms with Crippen LogP contribution >= 0.6 is 0 Å². The lowest BCUT2D eigenvalue weighted by atomic mass is 9.87. The van der Waals surface area contributed by atoms with Gasteiger partial charge in [0.2, 0.25) is 5.75 Å². The first kappa shape index (κ1) is 30.3. The number of fused-ring (bicyclic) bond motifs is 2. The zero-order valence-electron chi connectivity index (χ0n) is 27.5. The summed E-state index contributed by atoms with van der Waals surface area (Å²) in [7, 11) is 11.1. The van der Waals surface area contributed by atoms with Gasteiger partial charge in [0.25, 0.3) is 0 Å². The van der Waals surface area contributed by atoms with Crippen LogP contribution in [0.5, 0.6) is 46.0 Å². The van der Waals surface area contributed by atoms with Crippen molar-refractivity contribution in [2.24, 2.45) is 0 Å². The lowest BCUT2D eigenvalue weighted by molar-refractivity contribution is 0.220. The van der Waals surface area contributed by atoms with Gasteiger partial charge in [-0.2, -0.15) is 0 Å². The third-order valence-corrected chi connectivity index (χ3v) is 9.85. The summed E-state index contributed by atoms with van der Waals surface area (Å²) >= 11 is 0. The summed E-state index contributed by atoms with van der Waals surface area (Å²) in [6.45, 7) is 1.86. The molecule has 0 saturated carbocycles. The van der Waals surface area contributed by atoms with Crippen LogP contribution in [-0.2, 0) is 25.7 Å². The van der Waals surface area contributed by atoms with Crippen LogP contribution < -0.4 is 28.4 Å². The van der Waals surface area contributed by atoms with Crippen molar-refractivity contribution >= 4 is 0 Å². The second-order valence-electron chi connectivity index (χ2n) is 12.5. The lowest BCUT2D eigenvalue weighted by Gasteiger charge is -2.37. The largest absolute Gasteiger partial charge is 0.493 e. The molecule has 6 bridgehead atoms. The van der Waals surface area contributed by atoms with Crippen LogP contribution in [0.2, 0.25) is 0 Å². The van der Waals surface area contributed by atoms with E-state index in [9.17, 15) is 0 Å². The van der Waals surface area contributed by atoms with Gasteiger partial charge in [0.15, 0.2) is 34.5 Å². The van der Waals surface area contributed by atoms with E-state index in [0.29, 0.717) is 40.2 Å². The van der Waals surface area contributed by atoms with Gasteiger partial charge in [0, 0.05) is 30.7 Å². The van der Waals surface area contributed by atoms with E-state index in [-0.39, 0.29) is 12.1 Å². The van der Waals surface area contributed by atoms with E-state index in [1.807, 2.05) is 18.2 Å². The van der Waals surface area contributed by atoms with Gasteiger partial charge in [-0.15, -0.1) is 0 Å². The van der Waals surface area contributed by atoms with Crippen molar-refractivity contribution < 1.29 is 28.4 Å². The molecule has 8 rings (SSSR count). The number of nitrogens with zero attached hydrogens (tertiary/aromatic N) is 2. The van der Waals surface area contributed by atoms with E-state index < -0.39 is 0 Å². The lowest BCUT2D eigenvalue weighted by Crippen LogP contribution is -2.34. The number of rotatable bonds is 4. The van der Waals surface area contributed by atoms with Crippen LogP contribution in [0, 0.1) is 0 Å². The summed E-state index contributed by atoms with van der Waals surface area (Å²) in [5.41, 5.74) is 7.15. The molecule has 240 valence electrons. The molecule has 0 N–H and O–H groups in total. The highest BCUT2D eigenvalue weighted by Gasteiger charge is 2.34. The fourth-order valence-electron chi connectivity index (χ4n) is 7.28. The summed E-state index contributed by atoms with van der Waals surface area (Å²) in [6, 6.07) is 21.2. The van der Waals surface area contributed by atoms with E-state index in [0.717, 1.165) is 55.6 Å². The van der Waals surface area contributed by atoms with E-state index in [2.05, 4.69) is 66.4 Å². The molecule has 4 aromatic carbocycles. The predicted molar refractivity (Wildman–Crippen MR) is 178 cm³/mol. The van der Waals surface area contributed by atoms with Crippen LogP contribution in [0.3, 0.4) is 0 Å². The summed E-state index contributed by atoms with van der Waals surface area (Å²) in [6.07, 6.45) is 3.37. The average molecular weight is 623 g/mol. The van der Waals surface area contributed by atoms with Gasteiger partial charge in [-0.1, -0.05) is 18.2 Å². The normalized spacial score (nSPS) is 19.2. The van der Waals surface area contributed by atoms with Crippen molar-refractivity contribution in [1.29, 1.82) is 0 Å². The summed E-state index contributed by atoms with van der Waals surface area (Å²) in [4.78, 5) is 4.81. The maximum Gasteiger partial charge on any atom is 0.204 e. The number of likely N-dealkylation sites (N-methyl/N-ethyl adjacent to an activating group) is 2. The zero-order chi connectivity index (χ0) is 31.9. The standard InChI is InChI=1S/C38H42N2O6/c1-39-15-13-25-20-32(42-4)34-22-28(25)29(39)18-24-9-12-31(41-3)33(19-24)45-27-10-7-23(8-11-27)17-30-36-26(14-16-40(30)2)21-35(43-5)37(44-6)38(36)46-34/h7-12,19-22,29-30H,13-18H2,1-6H3/t29-,30-/m0/s1. The Labute approximate surface area is 271 Å². The minimum atomic E-state index is 0.0449. The molecule has 0 aliphatic carbocycles. The van der Waals surface area contributed by atoms with Gasteiger partial charge in [-0.05, 0) is 110 Å². The highest BCUT2D eigenvalue weighted by atomic mass is 16.5. The van der Waals surface area contributed by atoms with Gasteiger partial charge in [-0.25, -0.2) is 0 Å². The molecular formula is C38H42N2O6. The van der Waals surface area contributed by atoms with Crippen LogP contribution in [0.15, 0.2) is 60.7 Å². The summed E-state index contributed by atoms with van der Waals surface area (Å²) in [5.74, 6) is 5.46. The van der Waals surface area contributed by atoms with Crippen LogP contribution in [-0.4, -0.2) is 65.4 Å². The van der Waals surface area contributed by atoms with Crippen molar-refractivity contribution in [3.8, 4) is 46.0 Å². The van der Waals surface area contributed by atoms with Gasteiger partial charge in [0.1, 0.15) is 5.75 Å². The first-order chi connectivity index (χ1) is 22.4. The van der Waals surface area contributed by atoms with Gasteiger partial charge < -0.3 is 28.4 Å². The minimum Gasteiger partial charge on any atom is -0.493 e. The molecule has 0 aromatic heterocycles. The molecule has 0 radical (unpaired) electrons. The monoisotopic (exact) mass is 622 g/mol.